The molecule has 26 heavy (non-hydrogen) atoms. The summed E-state index contributed by atoms with van der Waals surface area (Å²) in [7, 11) is -3.26. The fraction of sp³-hybridized carbons (Fsp3) is 0.412. The van der Waals surface area contributed by atoms with Crippen LogP contribution in [0.4, 0.5) is 0 Å². The molecule has 0 saturated carbocycles. The molecule has 2 aliphatic heterocycles. The van der Waals surface area contributed by atoms with Crippen molar-refractivity contribution in [3.8, 4) is 17.2 Å². The number of phenols is 1. The fourth-order valence-corrected chi connectivity index (χ4v) is 4.13. The number of hydrogen-bond acceptors (Lipinski definition) is 7. The molecule has 0 unspecified atom stereocenters. The van der Waals surface area contributed by atoms with Gasteiger partial charge in [-0.3, -0.25) is 9.59 Å². The van der Waals surface area contributed by atoms with Gasteiger partial charge in [0.15, 0.2) is 22.2 Å². The lowest BCUT2D eigenvalue weighted by molar-refractivity contribution is -0.123. The van der Waals surface area contributed by atoms with Crippen molar-refractivity contribution in [2.24, 2.45) is 0 Å². The monoisotopic (exact) mass is 381 g/mol. The first-order valence-electron chi connectivity index (χ1n) is 7.97. The Kier molecular flexibility index (Phi) is 4.43. The summed E-state index contributed by atoms with van der Waals surface area (Å²) in [6.45, 7) is 3.14. The van der Waals surface area contributed by atoms with Crippen LogP contribution in [-0.4, -0.2) is 49.2 Å². The third kappa shape index (κ3) is 3.98. The van der Waals surface area contributed by atoms with Crippen LogP contribution in [0, 0.1) is 0 Å². The highest BCUT2D eigenvalue weighted by Gasteiger charge is 2.35. The van der Waals surface area contributed by atoms with Gasteiger partial charge in [0.25, 0.3) is 5.91 Å². The summed E-state index contributed by atoms with van der Waals surface area (Å²) < 4.78 is 33.7. The Labute approximate surface area is 150 Å². The van der Waals surface area contributed by atoms with Gasteiger partial charge in [-0.05, 0) is 19.9 Å². The van der Waals surface area contributed by atoms with Crippen LogP contribution < -0.4 is 14.8 Å². The minimum atomic E-state index is -3.26. The standard InChI is InChI=1S/C17H19NO7S/c1-17(2)7-13(20)16-12(19)5-11(6-14(16)25-17)24-8-15(21)18-10-3-4-26(22,23)9-10/h3-6,10,19H,7-9H2,1-2H3,(H,18,21)/t10-/m1/s1. The molecule has 2 N–H and O–H groups in total. The zero-order chi connectivity index (χ0) is 19.1. The number of phenolic OH excluding ortho intramolecular Hbond substituents is 1. The van der Waals surface area contributed by atoms with E-state index in [9.17, 15) is 23.1 Å². The van der Waals surface area contributed by atoms with E-state index in [1.165, 1.54) is 18.2 Å². The molecule has 0 bridgehead atoms. The summed E-state index contributed by atoms with van der Waals surface area (Å²) in [4.78, 5) is 24.0. The van der Waals surface area contributed by atoms with Crippen LogP contribution >= 0.6 is 0 Å². The predicted molar refractivity (Wildman–Crippen MR) is 92.1 cm³/mol. The van der Waals surface area contributed by atoms with E-state index in [0.717, 1.165) is 5.41 Å². The van der Waals surface area contributed by atoms with Crippen molar-refractivity contribution in [2.75, 3.05) is 12.4 Å². The van der Waals surface area contributed by atoms with Crippen molar-refractivity contribution < 1.29 is 32.6 Å². The first kappa shape index (κ1) is 18.2. The summed E-state index contributed by atoms with van der Waals surface area (Å²) >= 11 is 0. The summed E-state index contributed by atoms with van der Waals surface area (Å²) in [6.07, 6.45) is 1.55. The maximum absolute atomic E-state index is 12.1. The molecule has 2 heterocycles. The number of ether oxygens (including phenoxy) is 2. The lowest BCUT2D eigenvalue weighted by Gasteiger charge is -2.32. The molecule has 1 aromatic carbocycles. The van der Waals surface area contributed by atoms with Crippen LogP contribution in [-0.2, 0) is 14.6 Å². The van der Waals surface area contributed by atoms with Crippen LogP contribution in [0.25, 0.3) is 0 Å². The number of benzene rings is 1. The number of rotatable bonds is 4. The van der Waals surface area contributed by atoms with E-state index in [0.29, 0.717) is 0 Å². The molecule has 1 atom stereocenters. The average molecular weight is 381 g/mol. The fourth-order valence-electron chi connectivity index (χ4n) is 2.89. The van der Waals surface area contributed by atoms with Gasteiger partial charge in [-0.15, -0.1) is 0 Å². The number of hydrogen-bond donors (Lipinski definition) is 2. The van der Waals surface area contributed by atoms with Crippen molar-refractivity contribution >= 4 is 21.5 Å². The number of sulfone groups is 1. The van der Waals surface area contributed by atoms with Gasteiger partial charge in [0, 0.05) is 17.5 Å². The van der Waals surface area contributed by atoms with E-state index in [-0.39, 0.29) is 47.4 Å². The molecule has 9 heteroatoms. The van der Waals surface area contributed by atoms with E-state index in [1.54, 1.807) is 13.8 Å². The molecule has 2 aliphatic rings. The van der Waals surface area contributed by atoms with Crippen LogP contribution in [0.15, 0.2) is 23.6 Å². The van der Waals surface area contributed by atoms with Crippen molar-refractivity contribution in [1.82, 2.24) is 5.32 Å². The third-order valence-corrected chi connectivity index (χ3v) is 5.35. The van der Waals surface area contributed by atoms with Gasteiger partial charge >= 0.3 is 0 Å². The van der Waals surface area contributed by atoms with Crippen LogP contribution in [0.2, 0.25) is 0 Å². The predicted octanol–water partition coefficient (Wildman–Crippen LogP) is 0.942. The summed E-state index contributed by atoms with van der Waals surface area (Å²) in [5, 5.41) is 13.7. The number of fused-ring (bicyclic) bond motifs is 1. The highest BCUT2D eigenvalue weighted by Crippen LogP contribution is 2.40. The molecule has 0 aromatic heterocycles. The van der Waals surface area contributed by atoms with Crippen molar-refractivity contribution in [2.45, 2.75) is 31.9 Å². The number of nitrogens with one attached hydrogen (secondary N) is 1. The summed E-state index contributed by atoms with van der Waals surface area (Å²) in [6, 6.07) is 2.10. The smallest absolute Gasteiger partial charge is 0.258 e. The van der Waals surface area contributed by atoms with Crippen molar-refractivity contribution in [3.05, 3.63) is 29.2 Å². The highest BCUT2D eigenvalue weighted by atomic mass is 32.2. The van der Waals surface area contributed by atoms with E-state index in [1.807, 2.05) is 0 Å². The van der Waals surface area contributed by atoms with Gasteiger partial charge in [-0.2, -0.15) is 0 Å². The average Bonchev–Trinajstić information content (AvgIpc) is 2.81. The topological polar surface area (TPSA) is 119 Å². The van der Waals surface area contributed by atoms with Crippen molar-refractivity contribution in [1.29, 1.82) is 0 Å². The third-order valence-electron chi connectivity index (χ3n) is 3.95. The van der Waals surface area contributed by atoms with Gasteiger partial charge in [-0.1, -0.05) is 0 Å². The first-order chi connectivity index (χ1) is 12.0. The Balaban J connectivity index is 1.66. The van der Waals surface area contributed by atoms with E-state index in [4.69, 9.17) is 9.47 Å². The summed E-state index contributed by atoms with van der Waals surface area (Å²) in [5.74, 6) is -0.826. The Hall–Kier alpha value is -2.55. The molecule has 8 nitrogen and oxygen atoms in total. The zero-order valence-electron chi connectivity index (χ0n) is 14.3. The van der Waals surface area contributed by atoms with Gasteiger partial charge in [0.05, 0.1) is 18.2 Å². The van der Waals surface area contributed by atoms with Crippen LogP contribution in [0.1, 0.15) is 30.6 Å². The first-order valence-corrected chi connectivity index (χ1v) is 9.68. The molecule has 1 amide bonds. The molecular formula is C17H19NO7S. The molecule has 0 saturated heterocycles. The molecule has 3 rings (SSSR count). The van der Waals surface area contributed by atoms with Crippen LogP contribution in [0.5, 0.6) is 17.2 Å². The highest BCUT2D eigenvalue weighted by molar-refractivity contribution is 7.94. The normalized spacial score (nSPS) is 22.4. The molecule has 0 spiro atoms. The Morgan fingerprint density at radius 3 is 2.81 bits per heavy atom. The Morgan fingerprint density at radius 1 is 1.42 bits per heavy atom. The number of aromatic hydroxyl groups is 1. The number of Topliss-reactive ketones (excluding diaryl/α,β-unsaturated/α-hetero) is 1. The van der Waals surface area contributed by atoms with Crippen molar-refractivity contribution in [3.63, 3.8) is 0 Å². The largest absolute Gasteiger partial charge is 0.507 e. The number of amides is 1. The maximum atomic E-state index is 12.1. The lowest BCUT2D eigenvalue weighted by Crippen LogP contribution is -2.38. The molecular weight excluding hydrogens is 362 g/mol. The Bertz CT molecular complexity index is 902. The molecule has 0 aliphatic carbocycles. The molecule has 0 fully saturated rings. The minimum absolute atomic E-state index is 0.0995. The molecule has 0 radical (unpaired) electrons. The molecule has 140 valence electrons. The Morgan fingerprint density at radius 2 is 2.15 bits per heavy atom. The van der Waals surface area contributed by atoms with Gasteiger partial charge in [-0.25, -0.2) is 8.42 Å². The lowest BCUT2D eigenvalue weighted by atomic mass is 9.92. The second-order valence-electron chi connectivity index (χ2n) is 6.90. The van der Waals surface area contributed by atoms with E-state index in [2.05, 4.69) is 5.32 Å². The van der Waals surface area contributed by atoms with Gasteiger partial charge in [0.1, 0.15) is 28.4 Å². The molecule has 1 aromatic rings. The number of carbonyl (C=O) groups is 2. The number of carbonyl (C=O) groups excluding carboxylic acids is 2. The zero-order valence-corrected chi connectivity index (χ0v) is 15.1. The van der Waals surface area contributed by atoms with Crippen LogP contribution in [0.3, 0.4) is 0 Å². The summed E-state index contributed by atoms with van der Waals surface area (Å²) in [5.41, 5.74) is -0.602. The second kappa shape index (κ2) is 6.31. The van der Waals surface area contributed by atoms with Gasteiger partial charge in [0.2, 0.25) is 0 Å². The number of ketones is 1. The van der Waals surface area contributed by atoms with E-state index >= 15 is 0 Å². The maximum Gasteiger partial charge on any atom is 0.258 e. The minimum Gasteiger partial charge on any atom is -0.507 e. The van der Waals surface area contributed by atoms with Gasteiger partial charge < -0.3 is 19.9 Å². The quantitative estimate of drug-likeness (QED) is 0.797. The second-order valence-corrected chi connectivity index (χ2v) is 8.83. The van der Waals surface area contributed by atoms with E-state index < -0.39 is 27.4 Å². The SMILES string of the molecule is CC1(C)CC(=O)c2c(O)cc(OCC(=O)N[C@@H]3C=CS(=O)(=O)C3)cc2O1.